The normalized spacial score (nSPS) is 15.7. The van der Waals surface area contributed by atoms with Gasteiger partial charge in [-0.25, -0.2) is 4.98 Å². The minimum Gasteiger partial charge on any atom is -0.497 e. The van der Waals surface area contributed by atoms with Crippen LogP contribution in [0, 0.1) is 0 Å². The first-order valence-electron chi connectivity index (χ1n) is 8.63. The zero-order valence-electron chi connectivity index (χ0n) is 14.0. The number of hydrogen-bond donors (Lipinski definition) is 1. The van der Waals surface area contributed by atoms with Crippen molar-refractivity contribution in [3.05, 3.63) is 59.9 Å². The molecule has 1 N–H and O–H groups in total. The maximum absolute atomic E-state index is 5.24. The summed E-state index contributed by atoms with van der Waals surface area (Å²) in [7, 11) is 1.70. The second-order valence-corrected chi connectivity index (χ2v) is 6.47. The molecule has 0 aromatic heterocycles. The van der Waals surface area contributed by atoms with Gasteiger partial charge in [-0.1, -0.05) is 12.1 Å². The molecule has 0 radical (unpaired) electrons. The van der Waals surface area contributed by atoms with Crippen LogP contribution >= 0.6 is 0 Å². The number of nitrogens with one attached hydrogen (secondary N) is 1. The fourth-order valence-electron chi connectivity index (χ4n) is 3.50. The van der Waals surface area contributed by atoms with Crippen molar-refractivity contribution in [2.24, 2.45) is 0 Å². The van der Waals surface area contributed by atoms with Crippen molar-refractivity contribution in [1.29, 1.82) is 0 Å². The number of methoxy groups -OCH3 is 1. The van der Waals surface area contributed by atoms with Crippen LogP contribution in [0.1, 0.15) is 30.0 Å². The zero-order valence-corrected chi connectivity index (χ0v) is 14.0. The lowest BCUT2D eigenvalue weighted by Crippen LogP contribution is -2.26. The van der Waals surface area contributed by atoms with Gasteiger partial charge in [0.1, 0.15) is 11.6 Å². The third kappa shape index (κ3) is 3.02. The molecule has 3 aliphatic heterocycles. The van der Waals surface area contributed by atoms with Gasteiger partial charge in [0.05, 0.1) is 7.11 Å². The fourth-order valence-corrected chi connectivity index (χ4v) is 3.50. The Morgan fingerprint density at radius 2 is 1.96 bits per heavy atom. The predicted molar refractivity (Wildman–Crippen MR) is 95.8 cm³/mol. The van der Waals surface area contributed by atoms with Crippen molar-refractivity contribution in [2.45, 2.75) is 25.3 Å². The highest BCUT2D eigenvalue weighted by Gasteiger charge is 2.21. The van der Waals surface area contributed by atoms with Gasteiger partial charge in [0, 0.05) is 29.9 Å². The van der Waals surface area contributed by atoms with Gasteiger partial charge in [0.2, 0.25) is 0 Å². The number of pyridine rings is 1. The molecule has 0 unspecified atom stereocenters. The van der Waals surface area contributed by atoms with Crippen molar-refractivity contribution in [2.75, 3.05) is 20.2 Å². The molecular weight excluding hydrogens is 298 g/mol. The second kappa shape index (κ2) is 6.65. The lowest BCUT2D eigenvalue weighted by molar-refractivity contribution is 0.414. The molecule has 1 fully saturated rings. The Balaban J connectivity index is 1.61. The van der Waals surface area contributed by atoms with Crippen LogP contribution in [-0.4, -0.2) is 29.8 Å². The van der Waals surface area contributed by atoms with Crippen molar-refractivity contribution in [1.82, 2.24) is 14.9 Å². The summed E-state index contributed by atoms with van der Waals surface area (Å²) in [6.45, 7) is 3.02. The summed E-state index contributed by atoms with van der Waals surface area (Å²) in [5.41, 5.74) is 3.74. The molecule has 0 saturated carbocycles. The van der Waals surface area contributed by atoms with Crippen LogP contribution in [0.3, 0.4) is 0 Å². The summed E-state index contributed by atoms with van der Waals surface area (Å²) in [6.07, 6.45) is 4.48. The summed E-state index contributed by atoms with van der Waals surface area (Å²) in [5.74, 6) is 2.57. The summed E-state index contributed by atoms with van der Waals surface area (Å²) in [4.78, 5) is 4.98. The minimum absolute atomic E-state index is 0.591. The third-order valence-corrected chi connectivity index (χ3v) is 4.88. The quantitative estimate of drug-likeness (QED) is 0.799. The van der Waals surface area contributed by atoms with E-state index in [1.807, 2.05) is 12.1 Å². The number of rotatable bonds is 4. The second-order valence-electron chi connectivity index (χ2n) is 6.47. The Kier molecular flexibility index (Phi) is 4.22. The fraction of sp³-hybridized carbons (Fsp3) is 0.350. The van der Waals surface area contributed by atoms with Crippen molar-refractivity contribution in [3.63, 3.8) is 0 Å². The van der Waals surface area contributed by atoms with E-state index in [4.69, 9.17) is 9.72 Å². The van der Waals surface area contributed by atoms with Gasteiger partial charge in [-0.2, -0.15) is 0 Å². The predicted octanol–water partition coefficient (Wildman–Crippen LogP) is 3.51. The molecular formula is C20H23N3O. The van der Waals surface area contributed by atoms with Gasteiger partial charge in [0.15, 0.2) is 0 Å². The molecule has 4 heteroatoms. The molecule has 24 heavy (non-hydrogen) atoms. The zero-order chi connectivity index (χ0) is 16.4. The number of aromatic nitrogens is 2. The van der Waals surface area contributed by atoms with E-state index in [1.165, 1.54) is 29.7 Å². The standard InChI is InChI=1S/C20H23N3O/c1-24-18-6-4-15(5-7-18)14-23-12-2-3-17-13-19(22-20(17)23)16-8-10-21-11-9-16/h2-7,12-13,16,21H,8-11,14H2,1H3. The van der Waals surface area contributed by atoms with E-state index in [0.29, 0.717) is 5.92 Å². The Bertz CT molecular complexity index is 772. The SMILES string of the molecule is COc1ccc(Cn2cccc3cc(C4CCNCC4)nc2-3)cc1. The van der Waals surface area contributed by atoms with Crippen molar-refractivity contribution in [3.8, 4) is 17.1 Å². The molecule has 124 valence electrons. The Hall–Kier alpha value is -2.33. The molecule has 1 saturated heterocycles. The first kappa shape index (κ1) is 15.2. The minimum atomic E-state index is 0.591. The van der Waals surface area contributed by atoms with E-state index < -0.39 is 0 Å². The van der Waals surface area contributed by atoms with Gasteiger partial charge in [-0.3, -0.25) is 0 Å². The highest BCUT2D eigenvalue weighted by atomic mass is 16.5. The van der Waals surface area contributed by atoms with Gasteiger partial charge < -0.3 is 14.6 Å². The first-order chi connectivity index (χ1) is 11.8. The van der Waals surface area contributed by atoms with Crippen LogP contribution in [-0.2, 0) is 6.54 Å². The van der Waals surface area contributed by atoms with Crippen molar-refractivity contribution < 1.29 is 4.74 Å². The van der Waals surface area contributed by atoms with Gasteiger partial charge >= 0.3 is 0 Å². The highest BCUT2D eigenvalue weighted by molar-refractivity contribution is 5.59. The van der Waals surface area contributed by atoms with Crippen LogP contribution in [0.2, 0.25) is 0 Å². The van der Waals surface area contributed by atoms with Crippen molar-refractivity contribution >= 4 is 0 Å². The van der Waals surface area contributed by atoms with E-state index in [-0.39, 0.29) is 0 Å². The van der Waals surface area contributed by atoms with E-state index in [2.05, 4.69) is 46.4 Å². The molecule has 1 aromatic rings. The monoisotopic (exact) mass is 321 g/mol. The lowest BCUT2D eigenvalue weighted by atomic mass is 9.95. The summed E-state index contributed by atoms with van der Waals surface area (Å²) in [5, 5.41) is 3.43. The molecule has 0 aliphatic carbocycles. The number of hydrogen-bond acceptors (Lipinski definition) is 3. The van der Waals surface area contributed by atoms with Gasteiger partial charge in [-0.05, 0) is 61.8 Å². The summed E-state index contributed by atoms with van der Waals surface area (Å²) >= 11 is 0. The average molecular weight is 321 g/mol. The number of fused-ring (bicyclic) bond motifs is 1. The van der Waals surface area contributed by atoms with E-state index in [9.17, 15) is 0 Å². The topological polar surface area (TPSA) is 39.1 Å². The Morgan fingerprint density at radius 3 is 2.71 bits per heavy atom. The lowest BCUT2D eigenvalue weighted by Gasteiger charge is -2.20. The van der Waals surface area contributed by atoms with Crippen LogP contribution in [0.5, 0.6) is 5.75 Å². The third-order valence-electron chi connectivity index (χ3n) is 4.88. The molecule has 4 rings (SSSR count). The Labute approximate surface area is 142 Å². The molecule has 0 spiro atoms. The summed E-state index contributed by atoms with van der Waals surface area (Å²) < 4.78 is 7.47. The van der Waals surface area contributed by atoms with E-state index in [1.54, 1.807) is 7.11 Å². The molecule has 0 atom stereocenters. The largest absolute Gasteiger partial charge is 0.497 e. The van der Waals surface area contributed by atoms with Gasteiger partial charge in [0.25, 0.3) is 0 Å². The number of nitrogens with zero attached hydrogens (tertiary/aromatic N) is 2. The van der Waals surface area contributed by atoms with Gasteiger partial charge in [-0.15, -0.1) is 0 Å². The molecule has 4 nitrogen and oxygen atoms in total. The molecule has 1 aromatic carbocycles. The molecule has 3 heterocycles. The average Bonchev–Trinajstić information content (AvgIpc) is 3.08. The summed E-state index contributed by atoms with van der Waals surface area (Å²) in [6, 6.07) is 14.8. The van der Waals surface area contributed by atoms with E-state index in [0.717, 1.165) is 31.2 Å². The van der Waals surface area contributed by atoms with Crippen LogP contribution in [0.4, 0.5) is 0 Å². The number of piperidine rings is 1. The Morgan fingerprint density at radius 1 is 1.17 bits per heavy atom. The van der Waals surface area contributed by atoms with Crippen LogP contribution in [0.25, 0.3) is 11.4 Å². The maximum Gasteiger partial charge on any atom is 0.140 e. The van der Waals surface area contributed by atoms with E-state index >= 15 is 0 Å². The molecule has 0 amide bonds. The number of ether oxygens (including phenoxy) is 1. The number of benzene rings is 1. The smallest absolute Gasteiger partial charge is 0.140 e. The molecule has 3 aliphatic rings. The highest BCUT2D eigenvalue weighted by Crippen LogP contribution is 2.31. The van der Waals surface area contributed by atoms with Crippen LogP contribution in [0.15, 0.2) is 48.7 Å². The molecule has 0 bridgehead atoms. The maximum atomic E-state index is 5.24. The van der Waals surface area contributed by atoms with Crippen LogP contribution < -0.4 is 10.1 Å². The first-order valence-corrected chi connectivity index (χ1v) is 8.63.